The first-order valence-corrected chi connectivity index (χ1v) is 7.80. The number of imidazole rings is 1. The Morgan fingerprint density at radius 2 is 2.19 bits per heavy atom. The van der Waals surface area contributed by atoms with Crippen molar-refractivity contribution in [1.29, 1.82) is 0 Å². The largest absolute Gasteiger partial charge is 0.478 e. The second-order valence-corrected chi connectivity index (χ2v) is 6.34. The molecule has 1 aliphatic rings. The van der Waals surface area contributed by atoms with Crippen LogP contribution in [0.3, 0.4) is 0 Å². The molecule has 0 spiro atoms. The van der Waals surface area contributed by atoms with Gasteiger partial charge < -0.3 is 9.67 Å². The van der Waals surface area contributed by atoms with E-state index in [0.717, 1.165) is 35.7 Å². The maximum Gasteiger partial charge on any atom is 0.337 e. The Balaban J connectivity index is 2.07. The lowest BCUT2D eigenvalue weighted by Crippen LogP contribution is -2.16. The molecule has 4 heteroatoms. The molecule has 0 bridgehead atoms. The van der Waals surface area contributed by atoms with Gasteiger partial charge in [-0.05, 0) is 24.5 Å². The number of para-hydroxylation sites is 1. The maximum atomic E-state index is 11.5. The van der Waals surface area contributed by atoms with Crippen molar-refractivity contribution >= 4 is 17.0 Å². The van der Waals surface area contributed by atoms with Crippen LogP contribution in [-0.4, -0.2) is 20.6 Å². The maximum absolute atomic E-state index is 11.5. The number of aromatic carboxylic acids is 1. The summed E-state index contributed by atoms with van der Waals surface area (Å²) in [6.45, 7) is 5.10. The van der Waals surface area contributed by atoms with Gasteiger partial charge in [-0.25, -0.2) is 9.78 Å². The summed E-state index contributed by atoms with van der Waals surface area (Å²) in [5.74, 6) is 1.22. The molecule has 4 nitrogen and oxygen atoms in total. The van der Waals surface area contributed by atoms with E-state index in [1.54, 1.807) is 12.1 Å². The van der Waals surface area contributed by atoms with E-state index in [9.17, 15) is 9.90 Å². The van der Waals surface area contributed by atoms with E-state index >= 15 is 0 Å². The summed E-state index contributed by atoms with van der Waals surface area (Å²) in [7, 11) is 0. The van der Waals surface area contributed by atoms with Gasteiger partial charge in [-0.15, -0.1) is 0 Å². The molecule has 21 heavy (non-hydrogen) atoms. The molecule has 1 heterocycles. The molecule has 0 atom stereocenters. The van der Waals surface area contributed by atoms with Crippen LogP contribution in [0.25, 0.3) is 11.0 Å². The van der Waals surface area contributed by atoms with Gasteiger partial charge in [-0.1, -0.05) is 39.2 Å². The number of rotatable bonds is 5. The quantitative estimate of drug-likeness (QED) is 0.902. The van der Waals surface area contributed by atoms with Crippen LogP contribution in [0.2, 0.25) is 0 Å². The predicted molar refractivity (Wildman–Crippen MR) is 82.7 cm³/mol. The van der Waals surface area contributed by atoms with Crippen LogP contribution in [0.1, 0.15) is 61.6 Å². The lowest BCUT2D eigenvalue weighted by molar-refractivity contribution is 0.0698. The topological polar surface area (TPSA) is 55.1 Å². The van der Waals surface area contributed by atoms with Crippen LogP contribution in [0.5, 0.6) is 0 Å². The van der Waals surface area contributed by atoms with Crippen molar-refractivity contribution in [2.45, 2.75) is 52.0 Å². The van der Waals surface area contributed by atoms with Crippen LogP contribution >= 0.6 is 0 Å². The third-order valence-electron chi connectivity index (χ3n) is 4.53. The van der Waals surface area contributed by atoms with E-state index in [2.05, 4.69) is 23.4 Å². The van der Waals surface area contributed by atoms with Gasteiger partial charge >= 0.3 is 5.97 Å². The fourth-order valence-corrected chi connectivity index (χ4v) is 3.14. The number of carboxylic acids is 1. The zero-order valence-corrected chi connectivity index (χ0v) is 12.7. The van der Waals surface area contributed by atoms with E-state index in [4.69, 9.17) is 0 Å². The summed E-state index contributed by atoms with van der Waals surface area (Å²) in [6.07, 6.45) is 5.09. The first-order chi connectivity index (χ1) is 10.1. The lowest BCUT2D eigenvalue weighted by Gasteiger charge is -2.26. The SMILES string of the molecule is CC(C)c1nc2cccc(C(=O)O)c2n1CCC1CCC1. The van der Waals surface area contributed by atoms with Crippen LogP contribution < -0.4 is 0 Å². The molecule has 1 fully saturated rings. The molecular formula is C17H22N2O2. The molecule has 1 saturated carbocycles. The molecule has 2 aromatic rings. The standard InChI is InChI=1S/C17H22N2O2/c1-11(2)16-18-14-8-4-7-13(17(20)21)15(14)19(16)10-9-12-5-3-6-12/h4,7-8,11-12H,3,5-6,9-10H2,1-2H3,(H,20,21). The number of benzene rings is 1. The van der Waals surface area contributed by atoms with Gasteiger partial charge in [0.05, 0.1) is 16.6 Å². The Labute approximate surface area is 124 Å². The zero-order chi connectivity index (χ0) is 15.0. The third kappa shape index (κ3) is 2.55. The number of carbonyl (C=O) groups is 1. The molecule has 112 valence electrons. The number of fused-ring (bicyclic) bond motifs is 1. The number of hydrogen-bond acceptors (Lipinski definition) is 2. The number of aromatic nitrogens is 2. The lowest BCUT2D eigenvalue weighted by atomic mass is 9.83. The van der Waals surface area contributed by atoms with Gasteiger partial charge in [0.15, 0.2) is 0 Å². The van der Waals surface area contributed by atoms with Crippen molar-refractivity contribution in [3.63, 3.8) is 0 Å². The van der Waals surface area contributed by atoms with Crippen molar-refractivity contribution in [3.8, 4) is 0 Å². The van der Waals surface area contributed by atoms with Crippen molar-refractivity contribution < 1.29 is 9.90 Å². The monoisotopic (exact) mass is 286 g/mol. The molecule has 0 amide bonds. The minimum Gasteiger partial charge on any atom is -0.478 e. The molecule has 1 aromatic carbocycles. The second kappa shape index (κ2) is 5.51. The number of nitrogens with zero attached hydrogens (tertiary/aromatic N) is 2. The van der Waals surface area contributed by atoms with Crippen molar-refractivity contribution in [2.75, 3.05) is 0 Å². The number of aryl methyl sites for hydroxylation is 1. The normalized spacial score (nSPS) is 15.6. The van der Waals surface area contributed by atoms with Crippen molar-refractivity contribution in [2.24, 2.45) is 5.92 Å². The Morgan fingerprint density at radius 3 is 2.76 bits per heavy atom. The zero-order valence-electron chi connectivity index (χ0n) is 12.7. The van der Waals surface area contributed by atoms with Gasteiger partial charge in [-0.3, -0.25) is 0 Å². The summed E-state index contributed by atoms with van der Waals surface area (Å²) in [5, 5.41) is 9.45. The average Bonchev–Trinajstić information content (AvgIpc) is 2.76. The molecule has 0 unspecified atom stereocenters. The first-order valence-electron chi connectivity index (χ1n) is 7.80. The summed E-state index contributed by atoms with van der Waals surface area (Å²) < 4.78 is 2.14. The highest BCUT2D eigenvalue weighted by Gasteiger charge is 2.22. The predicted octanol–water partition coefficient (Wildman–Crippen LogP) is 4.05. The summed E-state index contributed by atoms with van der Waals surface area (Å²) >= 11 is 0. The Hall–Kier alpha value is -1.84. The first kappa shape index (κ1) is 14.1. The fourth-order valence-electron chi connectivity index (χ4n) is 3.14. The van der Waals surface area contributed by atoms with Gasteiger partial charge in [0.2, 0.25) is 0 Å². The molecule has 3 rings (SSSR count). The molecule has 1 aromatic heterocycles. The Kier molecular flexibility index (Phi) is 3.70. The molecule has 0 aliphatic heterocycles. The van der Waals surface area contributed by atoms with Gasteiger partial charge in [0.25, 0.3) is 0 Å². The second-order valence-electron chi connectivity index (χ2n) is 6.34. The molecule has 0 radical (unpaired) electrons. The van der Waals surface area contributed by atoms with Gasteiger partial charge in [0, 0.05) is 12.5 Å². The number of carboxylic acid groups (broad SMARTS) is 1. The molecule has 1 N–H and O–H groups in total. The highest BCUT2D eigenvalue weighted by Crippen LogP contribution is 2.32. The van der Waals surface area contributed by atoms with Gasteiger partial charge in [-0.2, -0.15) is 0 Å². The van der Waals surface area contributed by atoms with E-state index < -0.39 is 5.97 Å². The third-order valence-corrected chi connectivity index (χ3v) is 4.53. The van der Waals surface area contributed by atoms with Crippen LogP contribution in [0.4, 0.5) is 0 Å². The van der Waals surface area contributed by atoms with Gasteiger partial charge in [0.1, 0.15) is 5.82 Å². The van der Waals surface area contributed by atoms with E-state index in [0.29, 0.717) is 11.5 Å². The van der Waals surface area contributed by atoms with Crippen molar-refractivity contribution in [1.82, 2.24) is 9.55 Å². The molecular weight excluding hydrogens is 264 g/mol. The molecule has 1 aliphatic carbocycles. The smallest absolute Gasteiger partial charge is 0.337 e. The van der Waals surface area contributed by atoms with Crippen LogP contribution in [0, 0.1) is 5.92 Å². The van der Waals surface area contributed by atoms with E-state index in [1.807, 2.05) is 6.07 Å². The molecule has 0 saturated heterocycles. The highest BCUT2D eigenvalue weighted by molar-refractivity contribution is 6.01. The summed E-state index contributed by atoms with van der Waals surface area (Å²) in [6, 6.07) is 5.36. The summed E-state index contributed by atoms with van der Waals surface area (Å²) in [5.41, 5.74) is 1.95. The Morgan fingerprint density at radius 1 is 1.43 bits per heavy atom. The van der Waals surface area contributed by atoms with E-state index in [1.165, 1.54) is 19.3 Å². The highest BCUT2D eigenvalue weighted by atomic mass is 16.4. The number of hydrogen-bond donors (Lipinski definition) is 1. The average molecular weight is 286 g/mol. The van der Waals surface area contributed by atoms with Crippen LogP contribution in [0.15, 0.2) is 18.2 Å². The fraction of sp³-hybridized carbons (Fsp3) is 0.529. The van der Waals surface area contributed by atoms with E-state index in [-0.39, 0.29) is 0 Å². The minimum absolute atomic E-state index is 0.292. The Bertz CT molecular complexity index is 669. The summed E-state index contributed by atoms with van der Waals surface area (Å²) in [4.78, 5) is 16.2. The van der Waals surface area contributed by atoms with Crippen molar-refractivity contribution in [3.05, 3.63) is 29.6 Å². The minimum atomic E-state index is -0.874. The van der Waals surface area contributed by atoms with Crippen LogP contribution in [-0.2, 0) is 6.54 Å².